The first-order valence-corrected chi connectivity index (χ1v) is 9.61. The van der Waals surface area contributed by atoms with Crippen LogP contribution in [-0.2, 0) is 4.79 Å². The molecule has 3 N–H and O–H groups in total. The topological polar surface area (TPSA) is 77.1 Å². The van der Waals surface area contributed by atoms with Crippen molar-refractivity contribution < 1.29 is 14.0 Å². The number of nitrogens with zero attached hydrogens (tertiary/aromatic N) is 1. The van der Waals surface area contributed by atoms with Gasteiger partial charge in [-0.05, 0) is 56.3 Å². The number of carbonyl (C=O) groups excluding carboxylic acids is 2. The van der Waals surface area contributed by atoms with Crippen molar-refractivity contribution in [3.05, 3.63) is 77.4 Å². The van der Waals surface area contributed by atoms with E-state index >= 15 is 0 Å². The minimum absolute atomic E-state index is 0.131. The van der Waals surface area contributed by atoms with E-state index in [9.17, 15) is 14.0 Å². The van der Waals surface area contributed by atoms with Gasteiger partial charge in [-0.15, -0.1) is 11.8 Å². The number of para-hydroxylation sites is 1. The summed E-state index contributed by atoms with van der Waals surface area (Å²) in [5.74, 6) is -0.858. The van der Waals surface area contributed by atoms with Crippen molar-refractivity contribution in [1.82, 2.24) is 4.57 Å². The van der Waals surface area contributed by atoms with Crippen LogP contribution in [0.3, 0.4) is 0 Å². The maximum absolute atomic E-state index is 13.2. The molecule has 28 heavy (non-hydrogen) atoms. The first-order valence-electron chi connectivity index (χ1n) is 8.63. The molecule has 144 valence electrons. The molecular weight excluding hydrogens is 377 g/mol. The standard InChI is InChI=1S/C21H20FN3O2S/c1-13-11-17(14(2)25(13)16-9-7-15(22)8-10-16)21(27)24-18-5-3-4-6-19(18)28-12-20(23)26/h3-11H,12H2,1-2H3,(H2,23,26)(H,24,27). The van der Waals surface area contributed by atoms with E-state index in [4.69, 9.17) is 5.73 Å². The molecule has 0 radical (unpaired) electrons. The number of carbonyl (C=O) groups is 2. The van der Waals surface area contributed by atoms with Crippen molar-refractivity contribution >= 4 is 29.3 Å². The molecule has 1 heterocycles. The molecule has 5 nitrogen and oxygen atoms in total. The minimum atomic E-state index is -0.422. The van der Waals surface area contributed by atoms with Crippen LogP contribution in [0, 0.1) is 19.7 Å². The van der Waals surface area contributed by atoms with Gasteiger partial charge in [0.25, 0.3) is 5.91 Å². The van der Waals surface area contributed by atoms with Gasteiger partial charge in [0.05, 0.1) is 17.0 Å². The lowest BCUT2D eigenvalue weighted by molar-refractivity contribution is -0.115. The van der Waals surface area contributed by atoms with E-state index in [0.717, 1.165) is 22.0 Å². The Balaban J connectivity index is 1.87. The summed E-state index contributed by atoms with van der Waals surface area (Å²) in [6.07, 6.45) is 0. The number of primary amides is 1. The van der Waals surface area contributed by atoms with Gasteiger partial charge in [-0.2, -0.15) is 0 Å². The highest BCUT2D eigenvalue weighted by atomic mass is 32.2. The average Bonchev–Trinajstić information content (AvgIpc) is 2.96. The fourth-order valence-corrected chi connectivity index (χ4v) is 3.76. The van der Waals surface area contributed by atoms with Gasteiger partial charge in [0.15, 0.2) is 0 Å². The second kappa shape index (κ2) is 8.31. The summed E-state index contributed by atoms with van der Waals surface area (Å²) in [6.45, 7) is 3.74. The monoisotopic (exact) mass is 397 g/mol. The molecule has 7 heteroatoms. The maximum atomic E-state index is 13.2. The molecule has 3 rings (SSSR count). The number of nitrogens with one attached hydrogen (secondary N) is 1. The van der Waals surface area contributed by atoms with Gasteiger partial charge in [0.2, 0.25) is 5.91 Å². The van der Waals surface area contributed by atoms with Crippen LogP contribution >= 0.6 is 11.8 Å². The van der Waals surface area contributed by atoms with Crippen LogP contribution in [0.4, 0.5) is 10.1 Å². The maximum Gasteiger partial charge on any atom is 0.257 e. The largest absolute Gasteiger partial charge is 0.369 e. The van der Waals surface area contributed by atoms with Gasteiger partial charge in [-0.1, -0.05) is 12.1 Å². The minimum Gasteiger partial charge on any atom is -0.369 e. The van der Waals surface area contributed by atoms with E-state index in [1.165, 1.54) is 23.9 Å². The van der Waals surface area contributed by atoms with Crippen LogP contribution < -0.4 is 11.1 Å². The Kier molecular flexibility index (Phi) is 5.84. The number of amides is 2. The Hall–Kier alpha value is -3.06. The SMILES string of the molecule is Cc1cc(C(=O)Nc2ccccc2SCC(N)=O)c(C)n1-c1ccc(F)cc1. The van der Waals surface area contributed by atoms with Crippen LogP contribution in [0.2, 0.25) is 0 Å². The lowest BCUT2D eigenvalue weighted by Gasteiger charge is -2.11. The molecule has 0 aliphatic carbocycles. The van der Waals surface area contributed by atoms with E-state index in [0.29, 0.717) is 11.3 Å². The number of aromatic nitrogens is 1. The molecule has 2 aromatic carbocycles. The highest BCUT2D eigenvalue weighted by Crippen LogP contribution is 2.28. The van der Waals surface area contributed by atoms with Crippen LogP contribution in [0.25, 0.3) is 5.69 Å². The summed E-state index contributed by atoms with van der Waals surface area (Å²) in [6, 6.07) is 15.2. The summed E-state index contributed by atoms with van der Waals surface area (Å²) in [5.41, 5.74) is 8.76. The third kappa shape index (κ3) is 4.26. The molecule has 0 atom stereocenters. The quantitative estimate of drug-likeness (QED) is 0.616. The van der Waals surface area contributed by atoms with Gasteiger partial charge >= 0.3 is 0 Å². The van der Waals surface area contributed by atoms with Crippen LogP contribution in [0.5, 0.6) is 0 Å². The second-order valence-corrected chi connectivity index (χ2v) is 7.32. The molecule has 0 saturated carbocycles. The predicted molar refractivity (Wildman–Crippen MR) is 110 cm³/mol. The zero-order valence-electron chi connectivity index (χ0n) is 15.5. The summed E-state index contributed by atoms with van der Waals surface area (Å²) < 4.78 is 15.1. The van der Waals surface area contributed by atoms with Gasteiger partial charge in [0, 0.05) is 22.0 Å². The lowest BCUT2D eigenvalue weighted by atomic mass is 10.2. The number of nitrogens with two attached hydrogens (primary N) is 1. The third-order valence-corrected chi connectivity index (χ3v) is 5.36. The molecule has 0 fully saturated rings. The van der Waals surface area contributed by atoms with E-state index in [1.54, 1.807) is 24.3 Å². The normalized spacial score (nSPS) is 10.7. The van der Waals surface area contributed by atoms with Gasteiger partial charge in [0.1, 0.15) is 5.82 Å². The number of anilines is 1. The number of aryl methyl sites for hydroxylation is 1. The van der Waals surface area contributed by atoms with Crippen molar-refractivity contribution in [2.45, 2.75) is 18.7 Å². The molecule has 0 aliphatic rings. The molecule has 0 aliphatic heterocycles. The van der Waals surface area contributed by atoms with Crippen molar-refractivity contribution in [1.29, 1.82) is 0 Å². The number of hydrogen-bond acceptors (Lipinski definition) is 3. The third-order valence-electron chi connectivity index (χ3n) is 4.27. The van der Waals surface area contributed by atoms with E-state index < -0.39 is 5.91 Å². The Bertz CT molecular complexity index is 1030. The number of benzene rings is 2. The zero-order valence-corrected chi connectivity index (χ0v) is 16.3. The Labute approximate surface area is 166 Å². The zero-order chi connectivity index (χ0) is 20.3. The highest BCUT2D eigenvalue weighted by Gasteiger charge is 2.18. The van der Waals surface area contributed by atoms with Crippen molar-refractivity contribution in [2.24, 2.45) is 5.73 Å². The predicted octanol–water partition coefficient (Wildman–Crippen LogP) is 4.06. The van der Waals surface area contributed by atoms with E-state index in [1.807, 2.05) is 36.6 Å². The molecule has 0 spiro atoms. The number of rotatable bonds is 6. The van der Waals surface area contributed by atoms with Gasteiger partial charge in [-0.3, -0.25) is 9.59 Å². The molecule has 0 saturated heterocycles. The van der Waals surface area contributed by atoms with E-state index in [-0.39, 0.29) is 17.5 Å². The number of thioether (sulfide) groups is 1. The Morgan fingerprint density at radius 1 is 1.11 bits per heavy atom. The van der Waals surface area contributed by atoms with Crippen LogP contribution in [0.1, 0.15) is 21.7 Å². The fourth-order valence-electron chi connectivity index (χ4n) is 3.01. The summed E-state index contributed by atoms with van der Waals surface area (Å²) >= 11 is 1.27. The van der Waals surface area contributed by atoms with E-state index in [2.05, 4.69) is 5.32 Å². The first-order chi connectivity index (χ1) is 13.4. The molecule has 0 unspecified atom stereocenters. The van der Waals surface area contributed by atoms with Gasteiger partial charge in [-0.25, -0.2) is 4.39 Å². The summed E-state index contributed by atoms with van der Waals surface area (Å²) in [4.78, 5) is 24.7. The van der Waals surface area contributed by atoms with Gasteiger partial charge < -0.3 is 15.6 Å². The summed E-state index contributed by atoms with van der Waals surface area (Å²) in [7, 11) is 0. The van der Waals surface area contributed by atoms with Crippen molar-refractivity contribution in [3.63, 3.8) is 0 Å². The van der Waals surface area contributed by atoms with Crippen LogP contribution in [0.15, 0.2) is 59.5 Å². The second-order valence-electron chi connectivity index (χ2n) is 6.30. The first kappa shape index (κ1) is 19.7. The fraction of sp³-hybridized carbons (Fsp3) is 0.143. The number of halogens is 1. The average molecular weight is 397 g/mol. The molecule has 1 aromatic heterocycles. The van der Waals surface area contributed by atoms with Crippen molar-refractivity contribution in [2.75, 3.05) is 11.1 Å². The Morgan fingerprint density at radius 2 is 1.79 bits per heavy atom. The van der Waals surface area contributed by atoms with Crippen LogP contribution in [-0.4, -0.2) is 22.1 Å². The molecule has 3 aromatic rings. The lowest BCUT2D eigenvalue weighted by Crippen LogP contribution is -2.15. The summed E-state index contributed by atoms with van der Waals surface area (Å²) in [5, 5.41) is 2.91. The van der Waals surface area contributed by atoms with Crippen molar-refractivity contribution in [3.8, 4) is 5.69 Å². The molecule has 0 bridgehead atoms. The smallest absolute Gasteiger partial charge is 0.257 e. The Morgan fingerprint density at radius 3 is 2.46 bits per heavy atom. The molecule has 2 amide bonds. The number of hydrogen-bond donors (Lipinski definition) is 2. The highest BCUT2D eigenvalue weighted by molar-refractivity contribution is 8.00. The molecular formula is C21H20FN3O2S.